The van der Waals surface area contributed by atoms with Crippen molar-refractivity contribution in [3.8, 4) is 11.3 Å². The lowest BCUT2D eigenvalue weighted by molar-refractivity contribution is -0.142. The van der Waals surface area contributed by atoms with E-state index in [2.05, 4.69) is 27.6 Å². The summed E-state index contributed by atoms with van der Waals surface area (Å²) in [5.74, 6) is 0. The summed E-state index contributed by atoms with van der Waals surface area (Å²) in [5, 5.41) is 0. The normalized spacial score (nSPS) is 12.0. The van der Waals surface area contributed by atoms with Gasteiger partial charge in [0, 0.05) is 15.3 Å². The van der Waals surface area contributed by atoms with Crippen LogP contribution in [0.4, 0.5) is 13.2 Å². The second-order valence-corrected chi connectivity index (χ2v) is 5.52. The van der Waals surface area contributed by atoms with E-state index in [-0.39, 0.29) is 5.65 Å². The summed E-state index contributed by atoms with van der Waals surface area (Å²) in [7, 11) is 0. The van der Waals surface area contributed by atoms with Crippen LogP contribution in [0.25, 0.3) is 16.9 Å². The van der Waals surface area contributed by atoms with E-state index in [0.717, 1.165) is 19.6 Å². The van der Waals surface area contributed by atoms with Crippen LogP contribution < -0.4 is 0 Å². The van der Waals surface area contributed by atoms with Gasteiger partial charge < -0.3 is 0 Å². The summed E-state index contributed by atoms with van der Waals surface area (Å²) in [6.45, 7) is 0. The maximum Gasteiger partial charge on any atom is 0.431 e. The molecule has 0 amide bonds. The number of fused-ring (bicyclic) bond motifs is 1. The third-order valence-electron chi connectivity index (χ3n) is 2.92. The molecule has 6 heteroatoms. The Morgan fingerprint density at radius 3 is 2.35 bits per heavy atom. The number of benzene rings is 1. The molecule has 0 aliphatic heterocycles. The summed E-state index contributed by atoms with van der Waals surface area (Å²) in [6, 6.07) is 11.4. The minimum Gasteiger partial charge on any atom is -0.295 e. The minimum absolute atomic E-state index is 0.286. The number of alkyl halides is 3. The maximum absolute atomic E-state index is 12.9. The molecule has 2 aromatic heterocycles. The smallest absolute Gasteiger partial charge is 0.295 e. The highest BCUT2D eigenvalue weighted by molar-refractivity contribution is 14.1. The first-order valence-corrected chi connectivity index (χ1v) is 6.84. The average molecular weight is 388 g/mol. The Bertz CT molecular complexity index is 760. The van der Waals surface area contributed by atoms with Crippen molar-refractivity contribution in [3.05, 3.63) is 57.9 Å². The van der Waals surface area contributed by atoms with Crippen LogP contribution in [0, 0.1) is 3.57 Å². The van der Waals surface area contributed by atoms with Gasteiger partial charge in [0.1, 0.15) is 11.3 Å². The van der Waals surface area contributed by atoms with Gasteiger partial charge in [-0.3, -0.25) is 4.40 Å². The van der Waals surface area contributed by atoms with E-state index in [1.165, 1.54) is 12.3 Å². The van der Waals surface area contributed by atoms with Gasteiger partial charge in [-0.05, 0) is 46.9 Å². The highest BCUT2D eigenvalue weighted by atomic mass is 127. The Kier molecular flexibility index (Phi) is 3.19. The zero-order valence-electron chi connectivity index (χ0n) is 10.0. The molecule has 1 aromatic carbocycles. The van der Waals surface area contributed by atoms with E-state index in [0.29, 0.717) is 5.69 Å². The van der Waals surface area contributed by atoms with Gasteiger partial charge in [-0.15, -0.1) is 0 Å². The molecule has 3 aromatic rings. The predicted molar refractivity (Wildman–Crippen MR) is 78.3 cm³/mol. The van der Waals surface area contributed by atoms with E-state index in [1.54, 1.807) is 6.07 Å². The van der Waals surface area contributed by atoms with Gasteiger partial charge in [0.2, 0.25) is 0 Å². The standard InChI is InChI=1S/C14H8F3IN2/c15-14(16,17)12-2-1-3-13-19-11(8-20(12)13)9-4-6-10(18)7-5-9/h1-8H. The number of pyridine rings is 1. The van der Waals surface area contributed by atoms with Gasteiger partial charge in [0.15, 0.2) is 0 Å². The lowest BCUT2D eigenvalue weighted by atomic mass is 10.2. The van der Waals surface area contributed by atoms with Crippen LogP contribution in [0.1, 0.15) is 5.69 Å². The molecule has 2 heterocycles. The van der Waals surface area contributed by atoms with Crippen molar-refractivity contribution in [1.82, 2.24) is 9.38 Å². The lowest BCUT2D eigenvalue weighted by Crippen LogP contribution is -2.10. The van der Waals surface area contributed by atoms with Gasteiger partial charge in [0.05, 0.1) is 5.69 Å². The summed E-state index contributed by atoms with van der Waals surface area (Å²) in [6.07, 6.45) is -2.98. The van der Waals surface area contributed by atoms with E-state index in [1.807, 2.05) is 24.3 Å². The van der Waals surface area contributed by atoms with Crippen molar-refractivity contribution in [2.75, 3.05) is 0 Å². The third kappa shape index (κ3) is 2.39. The van der Waals surface area contributed by atoms with Crippen LogP contribution in [0.3, 0.4) is 0 Å². The minimum atomic E-state index is -4.40. The number of nitrogens with zero attached hydrogens (tertiary/aromatic N) is 2. The monoisotopic (exact) mass is 388 g/mol. The molecule has 0 fully saturated rings. The third-order valence-corrected chi connectivity index (χ3v) is 3.64. The molecule has 0 bridgehead atoms. The Morgan fingerprint density at radius 2 is 1.70 bits per heavy atom. The molecule has 0 spiro atoms. The van der Waals surface area contributed by atoms with Crippen LogP contribution in [-0.2, 0) is 6.18 Å². The molecule has 0 saturated carbocycles. The van der Waals surface area contributed by atoms with Crippen LogP contribution >= 0.6 is 22.6 Å². The molecule has 0 N–H and O–H groups in total. The highest BCUT2D eigenvalue weighted by Gasteiger charge is 2.33. The largest absolute Gasteiger partial charge is 0.431 e. The number of rotatable bonds is 1. The zero-order valence-corrected chi connectivity index (χ0v) is 12.2. The van der Waals surface area contributed by atoms with Crippen molar-refractivity contribution in [1.29, 1.82) is 0 Å². The Balaban J connectivity index is 2.18. The Hall–Kier alpha value is -1.57. The molecule has 0 atom stereocenters. The number of halogens is 4. The zero-order chi connectivity index (χ0) is 14.3. The summed E-state index contributed by atoms with van der Waals surface area (Å²) in [4.78, 5) is 4.25. The van der Waals surface area contributed by atoms with E-state index < -0.39 is 11.9 Å². The van der Waals surface area contributed by atoms with Crippen molar-refractivity contribution < 1.29 is 13.2 Å². The Labute approximate surface area is 126 Å². The summed E-state index contributed by atoms with van der Waals surface area (Å²) in [5.41, 5.74) is 0.882. The highest BCUT2D eigenvalue weighted by Crippen LogP contribution is 2.31. The van der Waals surface area contributed by atoms with Crippen molar-refractivity contribution in [3.63, 3.8) is 0 Å². The predicted octanol–water partition coefficient (Wildman–Crippen LogP) is 4.62. The molecule has 0 unspecified atom stereocenters. The quantitative estimate of drug-likeness (QED) is 0.556. The van der Waals surface area contributed by atoms with Crippen molar-refractivity contribution in [2.24, 2.45) is 0 Å². The van der Waals surface area contributed by atoms with Crippen molar-refractivity contribution in [2.45, 2.75) is 6.18 Å². The van der Waals surface area contributed by atoms with Crippen molar-refractivity contribution >= 4 is 28.2 Å². The van der Waals surface area contributed by atoms with Crippen LogP contribution in [-0.4, -0.2) is 9.38 Å². The lowest BCUT2D eigenvalue weighted by Gasteiger charge is -2.08. The SMILES string of the molecule is FC(F)(F)c1cccc2nc(-c3ccc(I)cc3)cn12. The van der Waals surface area contributed by atoms with E-state index >= 15 is 0 Å². The number of imidazole rings is 1. The van der Waals surface area contributed by atoms with Gasteiger partial charge in [-0.25, -0.2) is 4.98 Å². The number of hydrogen-bond acceptors (Lipinski definition) is 1. The van der Waals surface area contributed by atoms with Gasteiger partial charge in [0.25, 0.3) is 0 Å². The second kappa shape index (κ2) is 4.76. The van der Waals surface area contributed by atoms with Crippen LogP contribution in [0.5, 0.6) is 0 Å². The molecule has 0 aliphatic carbocycles. The molecule has 0 saturated heterocycles. The van der Waals surface area contributed by atoms with E-state index in [4.69, 9.17) is 0 Å². The van der Waals surface area contributed by atoms with Crippen LogP contribution in [0.15, 0.2) is 48.7 Å². The molecule has 0 aliphatic rings. The fourth-order valence-corrected chi connectivity index (χ4v) is 2.36. The summed E-state index contributed by atoms with van der Waals surface area (Å²) >= 11 is 2.17. The molecule has 2 nitrogen and oxygen atoms in total. The first-order valence-electron chi connectivity index (χ1n) is 5.76. The second-order valence-electron chi connectivity index (χ2n) is 4.27. The van der Waals surface area contributed by atoms with Crippen LogP contribution in [0.2, 0.25) is 0 Å². The molecule has 3 rings (SSSR count). The average Bonchev–Trinajstić information content (AvgIpc) is 2.81. The van der Waals surface area contributed by atoms with E-state index in [9.17, 15) is 13.2 Å². The molecular weight excluding hydrogens is 380 g/mol. The topological polar surface area (TPSA) is 17.3 Å². The first kappa shape index (κ1) is 13.4. The maximum atomic E-state index is 12.9. The number of hydrogen-bond donors (Lipinski definition) is 0. The molecule has 0 radical (unpaired) electrons. The molecular formula is C14H8F3IN2. The number of aromatic nitrogens is 2. The van der Waals surface area contributed by atoms with Gasteiger partial charge in [-0.1, -0.05) is 18.2 Å². The first-order chi connectivity index (χ1) is 9.45. The molecule has 102 valence electrons. The summed E-state index contributed by atoms with van der Waals surface area (Å²) < 4.78 is 40.9. The van der Waals surface area contributed by atoms with Gasteiger partial charge >= 0.3 is 6.18 Å². The Morgan fingerprint density at radius 1 is 1.00 bits per heavy atom. The fraction of sp³-hybridized carbons (Fsp3) is 0.0714. The molecule has 20 heavy (non-hydrogen) atoms. The van der Waals surface area contributed by atoms with Gasteiger partial charge in [-0.2, -0.15) is 13.2 Å². The fourth-order valence-electron chi connectivity index (χ4n) is 2.00.